The van der Waals surface area contributed by atoms with Gasteiger partial charge in [0.2, 0.25) is 5.16 Å². The van der Waals surface area contributed by atoms with Crippen LogP contribution in [0.2, 0.25) is 0 Å². The van der Waals surface area contributed by atoms with Gasteiger partial charge in [-0.3, -0.25) is 4.79 Å². The molecule has 1 aromatic carbocycles. The Hall–Kier alpha value is -2.06. The minimum atomic E-state index is -0.367. The Balaban J connectivity index is 1.74. The topological polar surface area (TPSA) is 60.7 Å². The van der Waals surface area contributed by atoms with Crippen LogP contribution >= 0.6 is 23.1 Å². The van der Waals surface area contributed by atoms with E-state index in [1.807, 2.05) is 19.1 Å². The zero-order chi connectivity index (χ0) is 15.5. The highest BCUT2D eigenvalue weighted by Crippen LogP contribution is 2.22. The van der Waals surface area contributed by atoms with Crippen LogP contribution in [0.1, 0.15) is 14.5 Å². The van der Waals surface area contributed by atoms with Gasteiger partial charge in [0.05, 0.1) is 16.3 Å². The highest BCUT2D eigenvalue weighted by molar-refractivity contribution is 7.99. The van der Waals surface area contributed by atoms with Crippen LogP contribution in [0.3, 0.4) is 0 Å². The Morgan fingerprint density at radius 3 is 2.95 bits per heavy atom. The van der Waals surface area contributed by atoms with Crippen molar-refractivity contribution in [3.8, 4) is 5.69 Å². The molecule has 112 valence electrons. The molecule has 0 amide bonds. The van der Waals surface area contributed by atoms with Crippen molar-refractivity contribution in [3.63, 3.8) is 0 Å². The van der Waals surface area contributed by atoms with Crippen LogP contribution in [0.4, 0.5) is 4.39 Å². The van der Waals surface area contributed by atoms with Crippen molar-refractivity contribution in [2.24, 2.45) is 0 Å². The summed E-state index contributed by atoms with van der Waals surface area (Å²) in [5.74, 6) is -0.110. The molecule has 0 radical (unpaired) electrons. The van der Waals surface area contributed by atoms with Crippen LogP contribution in [-0.2, 0) is 0 Å². The van der Waals surface area contributed by atoms with Crippen LogP contribution in [0.5, 0.6) is 0 Å². The summed E-state index contributed by atoms with van der Waals surface area (Å²) in [4.78, 5) is 13.9. The number of rotatable bonds is 5. The molecule has 0 unspecified atom stereocenters. The van der Waals surface area contributed by atoms with Gasteiger partial charge < -0.3 is 0 Å². The summed E-state index contributed by atoms with van der Waals surface area (Å²) in [7, 11) is 0. The SMILES string of the molecule is Cc1ccc(C(=O)CSc2nnnn2-c2cccc(F)c2)s1. The first kappa shape index (κ1) is 14.9. The van der Waals surface area contributed by atoms with Crippen molar-refractivity contribution in [1.29, 1.82) is 0 Å². The molecule has 0 saturated carbocycles. The number of benzene rings is 1. The van der Waals surface area contributed by atoms with E-state index in [4.69, 9.17) is 0 Å². The fourth-order valence-electron chi connectivity index (χ4n) is 1.82. The molecule has 0 aliphatic rings. The largest absolute Gasteiger partial charge is 0.292 e. The molecule has 8 heteroatoms. The van der Waals surface area contributed by atoms with Gasteiger partial charge in [-0.15, -0.1) is 16.4 Å². The second-order valence-electron chi connectivity index (χ2n) is 4.48. The quantitative estimate of drug-likeness (QED) is 0.530. The van der Waals surface area contributed by atoms with Gasteiger partial charge >= 0.3 is 0 Å². The third kappa shape index (κ3) is 3.23. The normalized spacial score (nSPS) is 10.8. The smallest absolute Gasteiger partial charge is 0.214 e. The zero-order valence-electron chi connectivity index (χ0n) is 11.6. The van der Waals surface area contributed by atoms with Gasteiger partial charge in [-0.25, -0.2) is 4.39 Å². The lowest BCUT2D eigenvalue weighted by atomic mass is 10.3. The van der Waals surface area contributed by atoms with Crippen molar-refractivity contribution < 1.29 is 9.18 Å². The van der Waals surface area contributed by atoms with Gasteiger partial charge in [0, 0.05) is 4.88 Å². The number of aryl methyl sites for hydroxylation is 1. The maximum absolute atomic E-state index is 13.3. The van der Waals surface area contributed by atoms with E-state index in [1.165, 1.54) is 39.9 Å². The number of thioether (sulfide) groups is 1. The molecule has 0 atom stereocenters. The van der Waals surface area contributed by atoms with Crippen LogP contribution in [-0.4, -0.2) is 31.7 Å². The second kappa shape index (κ2) is 6.37. The summed E-state index contributed by atoms with van der Waals surface area (Å²) in [6, 6.07) is 9.71. The molecule has 0 bridgehead atoms. The summed E-state index contributed by atoms with van der Waals surface area (Å²) in [5.41, 5.74) is 0.520. The maximum atomic E-state index is 13.3. The third-order valence-corrected chi connectivity index (χ3v) is 4.80. The first-order chi connectivity index (χ1) is 10.6. The number of hydrogen-bond acceptors (Lipinski definition) is 6. The lowest BCUT2D eigenvalue weighted by Crippen LogP contribution is -2.03. The third-order valence-electron chi connectivity index (χ3n) is 2.84. The van der Waals surface area contributed by atoms with Crippen LogP contribution < -0.4 is 0 Å². The Morgan fingerprint density at radius 2 is 2.23 bits per heavy atom. The Kier molecular flexibility index (Phi) is 4.30. The molecule has 0 N–H and O–H groups in total. The van der Waals surface area contributed by atoms with Crippen LogP contribution in [0, 0.1) is 12.7 Å². The lowest BCUT2D eigenvalue weighted by molar-refractivity contribution is 0.102. The van der Waals surface area contributed by atoms with E-state index in [9.17, 15) is 9.18 Å². The number of carbonyl (C=O) groups excluding carboxylic acids is 1. The number of nitrogens with zero attached hydrogens (tertiary/aromatic N) is 4. The Morgan fingerprint density at radius 1 is 1.36 bits per heavy atom. The van der Waals surface area contributed by atoms with Crippen LogP contribution in [0.15, 0.2) is 41.6 Å². The molecule has 0 spiro atoms. The molecule has 0 saturated heterocycles. The number of hydrogen-bond donors (Lipinski definition) is 0. The van der Waals surface area contributed by atoms with E-state index >= 15 is 0 Å². The monoisotopic (exact) mass is 334 g/mol. The van der Waals surface area contributed by atoms with E-state index in [0.717, 1.165) is 9.75 Å². The summed E-state index contributed by atoms with van der Waals surface area (Å²) >= 11 is 2.69. The van der Waals surface area contributed by atoms with Gasteiger partial charge in [0.1, 0.15) is 5.82 Å². The van der Waals surface area contributed by atoms with E-state index in [2.05, 4.69) is 15.5 Å². The lowest BCUT2D eigenvalue weighted by Gasteiger charge is -2.03. The number of thiophene rings is 1. The minimum absolute atomic E-state index is 0.0249. The number of aromatic nitrogens is 4. The zero-order valence-corrected chi connectivity index (χ0v) is 13.2. The average Bonchev–Trinajstić information content (AvgIpc) is 3.13. The molecular weight excluding hydrogens is 323 g/mol. The first-order valence-corrected chi connectivity index (χ1v) is 8.20. The molecule has 3 aromatic rings. The predicted octanol–water partition coefficient (Wildman–Crippen LogP) is 3.15. The fourth-order valence-corrected chi connectivity index (χ4v) is 3.50. The summed E-state index contributed by atoms with van der Waals surface area (Å²) < 4.78 is 14.7. The number of ketones is 1. The van der Waals surface area contributed by atoms with Crippen molar-refractivity contribution in [1.82, 2.24) is 20.2 Å². The van der Waals surface area contributed by atoms with Gasteiger partial charge in [-0.05, 0) is 47.7 Å². The molecule has 5 nitrogen and oxygen atoms in total. The van der Waals surface area contributed by atoms with E-state index in [1.54, 1.807) is 12.1 Å². The van der Waals surface area contributed by atoms with Crippen molar-refractivity contribution in [2.75, 3.05) is 5.75 Å². The van der Waals surface area contributed by atoms with Crippen molar-refractivity contribution >= 4 is 28.9 Å². The average molecular weight is 334 g/mol. The highest BCUT2D eigenvalue weighted by Gasteiger charge is 2.14. The first-order valence-electron chi connectivity index (χ1n) is 6.40. The molecular formula is C14H11FN4OS2. The predicted molar refractivity (Wildman–Crippen MR) is 83.2 cm³/mol. The Labute approximate surface area is 134 Å². The molecule has 0 aliphatic carbocycles. The van der Waals surface area contributed by atoms with E-state index < -0.39 is 0 Å². The van der Waals surface area contributed by atoms with E-state index in [0.29, 0.717) is 10.8 Å². The van der Waals surface area contributed by atoms with Gasteiger partial charge in [-0.1, -0.05) is 17.8 Å². The molecule has 0 fully saturated rings. The van der Waals surface area contributed by atoms with E-state index in [-0.39, 0.29) is 17.4 Å². The Bertz CT molecular complexity index is 815. The second-order valence-corrected chi connectivity index (χ2v) is 6.71. The maximum Gasteiger partial charge on any atom is 0.214 e. The number of tetrazole rings is 1. The van der Waals surface area contributed by atoms with Gasteiger partial charge in [0.15, 0.2) is 5.78 Å². The summed E-state index contributed by atoms with van der Waals surface area (Å²) in [6.45, 7) is 1.96. The molecule has 2 aromatic heterocycles. The summed E-state index contributed by atoms with van der Waals surface area (Å²) in [5, 5.41) is 11.8. The van der Waals surface area contributed by atoms with Crippen molar-refractivity contribution in [3.05, 3.63) is 52.0 Å². The molecule has 0 aliphatic heterocycles. The summed E-state index contributed by atoms with van der Waals surface area (Å²) in [6.07, 6.45) is 0. The van der Waals surface area contributed by atoms with Crippen molar-refractivity contribution in [2.45, 2.75) is 12.1 Å². The molecule has 22 heavy (non-hydrogen) atoms. The molecule has 3 rings (SSSR count). The van der Waals surface area contributed by atoms with Crippen LogP contribution in [0.25, 0.3) is 5.69 Å². The van der Waals surface area contributed by atoms with Gasteiger partial charge in [-0.2, -0.15) is 4.68 Å². The van der Waals surface area contributed by atoms with Gasteiger partial charge in [0.25, 0.3) is 0 Å². The standard InChI is InChI=1S/C14H11FN4OS2/c1-9-5-6-13(22-9)12(20)8-21-14-16-17-18-19(14)11-4-2-3-10(15)7-11/h2-7H,8H2,1H3. The highest BCUT2D eigenvalue weighted by atomic mass is 32.2. The number of carbonyl (C=O) groups is 1. The number of Topliss-reactive ketones (excluding diaryl/α,β-unsaturated/α-hetero) is 1. The number of halogens is 1. The fraction of sp³-hybridized carbons (Fsp3) is 0.143. The minimum Gasteiger partial charge on any atom is -0.292 e. The molecule has 2 heterocycles.